The molecule has 1 aromatic rings. The summed E-state index contributed by atoms with van der Waals surface area (Å²) in [5.41, 5.74) is 1.10. The molecule has 0 aliphatic carbocycles. The van der Waals surface area contributed by atoms with Crippen LogP contribution in [0.2, 0.25) is 0 Å². The van der Waals surface area contributed by atoms with Gasteiger partial charge in [-0.05, 0) is 5.56 Å². The molecule has 0 aromatic heterocycles. The molecule has 1 N–H and O–H groups in total. The Morgan fingerprint density at radius 3 is 2.71 bits per heavy atom. The molecule has 1 fully saturated rings. The third kappa shape index (κ3) is 2.12. The highest BCUT2D eigenvalue weighted by Crippen LogP contribution is 2.22. The van der Waals surface area contributed by atoms with E-state index in [2.05, 4.69) is 0 Å². The van der Waals surface area contributed by atoms with Crippen LogP contribution in [0.4, 0.5) is 0 Å². The Labute approximate surface area is 83.3 Å². The van der Waals surface area contributed by atoms with Crippen molar-refractivity contribution >= 4 is 0 Å². The predicted molar refractivity (Wildman–Crippen MR) is 52.0 cm³/mol. The highest BCUT2D eigenvalue weighted by molar-refractivity contribution is 5.17. The highest BCUT2D eigenvalue weighted by atomic mass is 16.6. The van der Waals surface area contributed by atoms with Crippen LogP contribution in [0.25, 0.3) is 0 Å². The second-order valence-corrected chi connectivity index (χ2v) is 3.38. The largest absolute Gasteiger partial charge is 0.394 e. The quantitative estimate of drug-likeness (QED) is 0.767. The van der Waals surface area contributed by atoms with Crippen LogP contribution in [0.3, 0.4) is 0 Å². The van der Waals surface area contributed by atoms with E-state index >= 15 is 0 Å². The first kappa shape index (κ1) is 9.65. The molecule has 3 nitrogen and oxygen atoms in total. The Hall–Kier alpha value is -0.900. The lowest BCUT2D eigenvalue weighted by Crippen LogP contribution is -2.33. The van der Waals surface area contributed by atoms with Gasteiger partial charge in [0.2, 0.25) is 0 Å². The van der Waals surface area contributed by atoms with Gasteiger partial charge in [0, 0.05) is 0 Å². The fourth-order valence-electron chi connectivity index (χ4n) is 1.56. The van der Waals surface area contributed by atoms with E-state index in [0.717, 1.165) is 5.56 Å². The Balaban J connectivity index is 2.04. The fourth-order valence-corrected chi connectivity index (χ4v) is 1.56. The SMILES string of the molecule is OC[C@@H]1COCC(c2ccccc2)O1. The molecule has 0 radical (unpaired) electrons. The molecular weight excluding hydrogens is 180 g/mol. The van der Waals surface area contributed by atoms with E-state index in [-0.39, 0.29) is 18.8 Å². The van der Waals surface area contributed by atoms with Crippen molar-refractivity contribution in [2.75, 3.05) is 19.8 Å². The van der Waals surface area contributed by atoms with Crippen molar-refractivity contribution in [3.05, 3.63) is 35.9 Å². The number of hydrogen-bond donors (Lipinski definition) is 1. The summed E-state index contributed by atoms with van der Waals surface area (Å²) in [5, 5.41) is 8.95. The normalized spacial score (nSPS) is 27.5. The van der Waals surface area contributed by atoms with Gasteiger partial charge in [0.25, 0.3) is 0 Å². The van der Waals surface area contributed by atoms with Crippen LogP contribution >= 0.6 is 0 Å². The van der Waals surface area contributed by atoms with Crippen LogP contribution in [0.15, 0.2) is 30.3 Å². The maximum atomic E-state index is 8.95. The number of aliphatic hydroxyl groups is 1. The predicted octanol–water partition coefficient (Wildman–Crippen LogP) is 1.14. The van der Waals surface area contributed by atoms with Gasteiger partial charge < -0.3 is 14.6 Å². The second kappa shape index (κ2) is 4.55. The summed E-state index contributed by atoms with van der Waals surface area (Å²) in [7, 11) is 0. The van der Waals surface area contributed by atoms with Crippen molar-refractivity contribution in [2.24, 2.45) is 0 Å². The molecule has 1 unspecified atom stereocenters. The molecule has 1 aliphatic heterocycles. The third-order valence-corrected chi connectivity index (χ3v) is 2.30. The zero-order valence-corrected chi connectivity index (χ0v) is 7.93. The molecule has 2 atom stereocenters. The van der Waals surface area contributed by atoms with Gasteiger partial charge in [0.15, 0.2) is 0 Å². The van der Waals surface area contributed by atoms with Crippen LogP contribution in [0.1, 0.15) is 11.7 Å². The molecule has 3 heteroatoms. The van der Waals surface area contributed by atoms with Gasteiger partial charge >= 0.3 is 0 Å². The minimum atomic E-state index is -0.186. The van der Waals surface area contributed by atoms with E-state index in [9.17, 15) is 0 Å². The molecule has 0 saturated carbocycles. The van der Waals surface area contributed by atoms with Gasteiger partial charge in [-0.15, -0.1) is 0 Å². The van der Waals surface area contributed by atoms with Gasteiger partial charge in [0.1, 0.15) is 12.2 Å². The van der Waals surface area contributed by atoms with Gasteiger partial charge in [-0.1, -0.05) is 30.3 Å². The van der Waals surface area contributed by atoms with Crippen molar-refractivity contribution in [3.8, 4) is 0 Å². The number of benzene rings is 1. The Bertz CT molecular complexity index is 273. The maximum absolute atomic E-state index is 8.95. The highest BCUT2D eigenvalue weighted by Gasteiger charge is 2.23. The number of ether oxygens (including phenoxy) is 2. The van der Waals surface area contributed by atoms with E-state index in [1.165, 1.54) is 0 Å². The minimum absolute atomic E-state index is 0.0172. The molecule has 14 heavy (non-hydrogen) atoms. The lowest BCUT2D eigenvalue weighted by molar-refractivity contribution is -0.152. The number of rotatable bonds is 2. The minimum Gasteiger partial charge on any atom is -0.394 e. The Morgan fingerprint density at radius 2 is 2.00 bits per heavy atom. The van der Waals surface area contributed by atoms with E-state index in [1.807, 2.05) is 30.3 Å². The van der Waals surface area contributed by atoms with E-state index in [1.54, 1.807) is 0 Å². The van der Waals surface area contributed by atoms with Gasteiger partial charge in [-0.25, -0.2) is 0 Å². The maximum Gasteiger partial charge on any atom is 0.106 e. The van der Waals surface area contributed by atoms with Gasteiger partial charge in [-0.3, -0.25) is 0 Å². The van der Waals surface area contributed by atoms with Crippen LogP contribution in [0.5, 0.6) is 0 Å². The topological polar surface area (TPSA) is 38.7 Å². The van der Waals surface area contributed by atoms with Crippen molar-refractivity contribution in [1.29, 1.82) is 0 Å². The average Bonchev–Trinajstić information content (AvgIpc) is 2.30. The molecule has 0 amide bonds. The smallest absolute Gasteiger partial charge is 0.106 e. The van der Waals surface area contributed by atoms with E-state index in [0.29, 0.717) is 13.2 Å². The van der Waals surface area contributed by atoms with Gasteiger partial charge in [-0.2, -0.15) is 0 Å². The first-order valence-electron chi connectivity index (χ1n) is 4.79. The van der Waals surface area contributed by atoms with Crippen LogP contribution in [-0.4, -0.2) is 31.0 Å². The van der Waals surface area contributed by atoms with Crippen molar-refractivity contribution < 1.29 is 14.6 Å². The lowest BCUT2D eigenvalue weighted by atomic mass is 10.1. The lowest BCUT2D eigenvalue weighted by Gasteiger charge is -2.29. The molecule has 1 aliphatic rings. The molecule has 76 valence electrons. The summed E-state index contributed by atoms with van der Waals surface area (Å²) in [4.78, 5) is 0. The molecule has 2 rings (SSSR count). The summed E-state index contributed by atoms with van der Waals surface area (Å²) in [6.07, 6.45) is -0.226. The van der Waals surface area contributed by atoms with Crippen LogP contribution in [-0.2, 0) is 9.47 Å². The summed E-state index contributed by atoms with van der Waals surface area (Å²) >= 11 is 0. The third-order valence-electron chi connectivity index (χ3n) is 2.30. The summed E-state index contributed by atoms with van der Waals surface area (Å²) < 4.78 is 11.0. The molecule has 1 aromatic carbocycles. The Kier molecular flexibility index (Phi) is 3.14. The van der Waals surface area contributed by atoms with Crippen molar-refractivity contribution in [3.63, 3.8) is 0 Å². The molecule has 0 spiro atoms. The van der Waals surface area contributed by atoms with E-state index < -0.39 is 0 Å². The number of hydrogen-bond acceptors (Lipinski definition) is 3. The zero-order valence-electron chi connectivity index (χ0n) is 7.93. The average molecular weight is 194 g/mol. The van der Waals surface area contributed by atoms with Crippen molar-refractivity contribution in [1.82, 2.24) is 0 Å². The second-order valence-electron chi connectivity index (χ2n) is 3.38. The monoisotopic (exact) mass is 194 g/mol. The summed E-state index contributed by atoms with van der Waals surface area (Å²) in [6.45, 7) is 1.07. The fraction of sp³-hybridized carbons (Fsp3) is 0.455. The molecular formula is C11H14O3. The number of aliphatic hydroxyl groups excluding tert-OH is 1. The summed E-state index contributed by atoms with van der Waals surface area (Å²) in [5.74, 6) is 0. The van der Waals surface area contributed by atoms with Crippen LogP contribution in [0, 0.1) is 0 Å². The van der Waals surface area contributed by atoms with E-state index in [4.69, 9.17) is 14.6 Å². The standard InChI is InChI=1S/C11H14O3/c12-6-10-7-13-8-11(14-10)9-4-2-1-3-5-9/h1-5,10-12H,6-8H2/t10-,11?/m1/s1. The van der Waals surface area contributed by atoms with Crippen LogP contribution < -0.4 is 0 Å². The Morgan fingerprint density at radius 1 is 1.21 bits per heavy atom. The molecule has 1 saturated heterocycles. The molecule has 0 bridgehead atoms. The molecule has 1 heterocycles. The van der Waals surface area contributed by atoms with Crippen molar-refractivity contribution in [2.45, 2.75) is 12.2 Å². The summed E-state index contributed by atoms with van der Waals surface area (Å²) in [6, 6.07) is 9.93. The van der Waals surface area contributed by atoms with Gasteiger partial charge in [0.05, 0.1) is 19.8 Å². The zero-order chi connectivity index (χ0) is 9.80. The first-order valence-corrected chi connectivity index (χ1v) is 4.79. The first-order chi connectivity index (χ1) is 6.90.